The number of fused-ring (bicyclic) bond motifs is 1. The second kappa shape index (κ2) is 5.10. The molecule has 21 heavy (non-hydrogen) atoms. The number of nitrogens with zero attached hydrogens (tertiary/aromatic N) is 2. The molecule has 2 aromatic rings. The number of halogens is 1. The topological polar surface area (TPSA) is 104 Å². The summed E-state index contributed by atoms with van der Waals surface area (Å²) in [7, 11) is 0. The van der Waals surface area contributed by atoms with Crippen LogP contribution in [0, 0.1) is 0 Å². The molecule has 1 aromatic heterocycles. The monoisotopic (exact) mass is 305 g/mol. The van der Waals surface area contributed by atoms with Gasteiger partial charge in [0.1, 0.15) is 0 Å². The predicted molar refractivity (Wildman–Crippen MR) is 76.8 cm³/mol. The molecule has 0 saturated heterocycles. The zero-order chi connectivity index (χ0) is 15.0. The van der Waals surface area contributed by atoms with Crippen LogP contribution in [0.4, 0.5) is 10.6 Å². The van der Waals surface area contributed by atoms with E-state index < -0.39 is 6.03 Å². The molecule has 0 saturated carbocycles. The third-order valence-electron chi connectivity index (χ3n) is 3.30. The van der Waals surface area contributed by atoms with Crippen LogP contribution < -0.4 is 11.1 Å². The summed E-state index contributed by atoms with van der Waals surface area (Å²) in [6, 6.07) is 6.02. The van der Waals surface area contributed by atoms with Gasteiger partial charge in [-0.1, -0.05) is 11.6 Å². The number of H-pyrrole nitrogens is 1. The lowest BCUT2D eigenvalue weighted by Crippen LogP contribution is -2.31. The van der Waals surface area contributed by atoms with Crippen LogP contribution in [0.3, 0.4) is 0 Å². The van der Waals surface area contributed by atoms with Crippen molar-refractivity contribution in [1.82, 2.24) is 15.1 Å². The largest absolute Gasteiger partial charge is 0.351 e. The van der Waals surface area contributed by atoms with Gasteiger partial charge < -0.3 is 16.0 Å². The molecule has 4 N–H and O–H groups in total. The molecular weight excluding hydrogens is 294 g/mol. The van der Waals surface area contributed by atoms with Gasteiger partial charge in [-0.15, -0.1) is 0 Å². The molecule has 3 amide bonds. The normalized spacial score (nSPS) is 13.1. The van der Waals surface area contributed by atoms with E-state index in [9.17, 15) is 9.59 Å². The number of anilines is 1. The first kappa shape index (κ1) is 13.4. The highest BCUT2D eigenvalue weighted by Gasteiger charge is 2.27. The number of hydrogen-bond donors (Lipinski definition) is 3. The smallest absolute Gasteiger partial charge is 0.315 e. The molecule has 0 unspecified atom stereocenters. The zero-order valence-corrected chi connectivity index (χ0v) is 11.6. The summed E-state index contributed by atoms with van der Waals surface area (Å²) in [5.41, 5.74) is 7.27. The van der Waals surface area contributed by atoms with Gasteiger partial charge in [0.15, 0.2) is 5.82 Å². The maximum Gasteiger partial charge on any atom is 0.315 e. The highest BCUT2D eigenvalue weighted by atomic mass is 35.5. The average molecular weight is 306 g/mol. The summed E-state index contributed by atoms with van der Waals surface area (Å²) >= 11 is 5.78. The van der Waals surface area contributed by atoms with Crippen molar-refractivity contribution in [2.24, 2.45) is 5.73 Å². The molecule has 1 aliphatic heterocycles. The van der Waals surface area contributed by atoms with Gasteiger partial charge in [-0.05, 0) is 24.3 Å². The summed E-state index contributed by atoms with van der Waals surface area (Å²) in [6.07, 6.45) is 0. The van der Waals surface area contributed by atoms with Crippen molar-refractivity contribution in [1.29, 1.82) is 0 Å². The van der Waals surface area contributed by atoms with Gasteiger partial charge in [-0.2, -0.15) is 5.10 Å². The first-order valence-corrected chi connectivity index (χ1v) is 6.60. The minimum absolute atomic E-state index is 0.293. The Morgan fingerprint density at radius 2 is 2.00 bits per heavy atom. The molecule has 0 fully saturated rings. The molecule has 7 nitrogen and oxygen atoms in total. The molecule has 108 valence electrons. The molecule has 1 aliphatic rings. The number of hydrogen-bond acceptors (Lipinski definition) is 3. The number of amides is 3. The van der Waals surface area contributed by atoms with Crippen LogP contribution in [0.25, 0.3) is 0 Å². The number of aromatic nitrogens is 2. The van der Waals surface area contributed by atoms with Gasteiger partial charge in [-0.25, -0.2) is 4.79 Å². The number of nitrogens with one attached hydrogen (secondary N) is 2. The average Bonchev–Trinajstić information content (AvgIpc) is 3.01. The number of nitrogens with two attached hydrogens (primary N) is 1. The Kier molecular flexibility index (Phi) is 3.26. The minimum Gasteiger partial charge on any atom is -0.351 e. The van der Waals surface area contributed by atoms with Crippen LogP contribution in [-0.2, 0) is 13.1 Å². The van der Waals surface area contributed by atoms with E-state index in [2.05, 4.69) is 15.5 Å². The van der Waals surface area contributed by atoms with Crippen LogP contribution in [0.15, 0.2) is 24.3 Å². The number of carbonyl (C=O) groups is 2. The highest BCUT2D eigenvalue weighted by Crippen LogP contribution is 2.27. The van der Waals surface area contributed by atoms with E-state index in [-0.39, 0.29) is 5.91 Å². The van der Waals surface area contributed by atoms with Gasteiger partial charge in [0.2, 0.25) is 0 Å². The van der Waals surface area contributed by atoms with Gasteiger partial charge in [0.05, 0.1) is 18.8 Å². The fourth-order valence-electron chi connectivity index (χ4n) is 2.18. The summed E-state index contributed by atoms with van der Waals surface area (Å²) < 4.78 is 0. The van der Waals surface area contributed by atoms with Crippen LogP contribution in [0.1, 0.15) is 21.6 Å². The predicted octanol–water partition coefficient (Wildman–Crippen LogP) is 1.71. The minimum atomic E-state index is -0.505. The van der Waals surface area contributed by atoms with Crippen LogP contribution in [-0.4, -0.2) is 27.0 Å². The van der Waals surface area contributed by atoms with Crippen molar-refractivity contribution in [2.45, 2.75) is 13.1 Å². The molecule has 1 aromatic carbocycles. The summed E-state index contributed by atoms with van der Waals surface area (Å²) in [6.45, 7) is 0.700. The fraction of sp³-hybridized carbons (Fsp3) is 0.154. The van der Waals surface area contributed by atoms with E-state index in [4.69, 9.17) is 17.3 Å². The third-order valence-corrected chi connectivity index (χ3v) is 3.55. The Balaban J connectivity index is 1.77. The molecule has 3 rings (SSSR count). The second-order valence-electron chi connectivity index (χ2n) is 4.68. The van der Waals surface area contributed by atoms with Gasteiger partial charge in [0.25, 0.3) is 5.91 Å². The van der Waals surface area contributed by atoms with Gasteiger partial charge in [-0.3, -0.25) is 9.89 Å². The van der Waals surface area contributed by atoms with E-state index >= 15 is 0 Å². The molecule has 2 heterocycles. The molecule has 0 aliphatic carbocycles. The first-order valence-electron chi connectivity index (χ1n) is 6.22. The third kappa shape index (κ3) is 2.55. The summed E-state index contributed by atoms with van der Waals surface area (Å²) in [4.78, 5) is 24.8. The Hall–Kier alpha value is -2.54. The molecule has 0 radical (unpaired) electrons. The number of carbonyl (C=O) groups excluding carboxylic acids is 2. The van der Waals surface area contributed by atoms with Crippen molar-refractivity contribution >= 4 is 29.4 Å². The van der Waals surface area contributed by atoms with E-state index in [0.717, 1.165) is 11.3 Å². The van der Waals surface area contributed by atoms with Crippen molar-refractivity contribution in [2.75, 3.05) is 5.32 Å². The molecular formula is C13H12ClN5O2. The lowest BCUT2D eigenvalue weighted by Gasteiger charge is -2.11. The number of benzene rings is 1. The van der Waals surface area contributed by atoms with Crippen molar-refractivity contribution < 1.29 is 9.59 Å². The van der Waals surface area contributed by atoms with Crippen molar-refractivity contribution in [3.05, 3.63) is 46.1 Å². The SMILES string of the molecule is NC(=O)N1Cc2[nH]nc(NC(=O)c3ccc(Cl)cc3)c2C1. The number of aromatic amines is 1. The Morgan fingerprint density at radius 1 is 1.29 bits per heavy atom. The summed E-state index contributed by atoms with van der Waals surface area (Å²) in [5, 5.41) is 10.1. The van der Waals surface area contributed by atoms with Gasteiger partial charge >= 0.3 is 6.03 Å². The van der Waals surface area contributed by atoms with E-state index in [1.807, 2.05) is 0 Å². The molecule has 0 bridgehead atoms. The molecule has 0 spiro atoms. The van der Waals surface area contributed by atoms with Crippen molar-refractivity contribution in [3.63, 3.8) is 0 Å². The lowest BCUT2D eigenvalue weighted by atomic mass is 10.2. The van der Waals surface area contributed by atoms with E-state index in [0.29, 0.717) is 29.5 Å². The summed E-state index contributed by atoms with van der Waals surface area (Å²) in [5.74, 6) is 0.118. The van der Waals surface area contributed by atoms with Crippen LogP contribution in [0.2, 0.25) is 5.02 Å². The number of primary amides is 1. The maximum atomic E-state index is 12.1. The first-order chi connectivity index (χ1) is 10.0. The number of rotatable bonds is 2. The number of urea groups is 1. The lowest BCUT2D eigenvalue weighted by molar-refractivity contribution is 0.102. The van der Waals surface area contributed by atoms with Crippen molar-refractivity contribution in [3.8, 4) is 0 Å². The van der Waals surface area contributed by atoms with E-state index in [1.165, 1.54) is 4.90 Å². The Morgan fingerprint density at radius 3 is 2.67 bits per heavy atom. The van der Waals surface area contributed by atoms with Crippen LogP contribution in [0.5, 0.6) is 0 Å². The highest BCUT2D eigenvalue weighted by molar-refractivity contribution is 6.30. The second-order valence-corrected chi connectivity index (χ2v) is 5.12. The Labute approximate surface area is 125 Å². The van der Waals surface area contributed by atoms with E-state index in [1.54, 1.807) is 24.3 Å². The molecule has 0 atom stereocenters. The van der Waals surface area contributed by atoms with Gasteiger partial charge in [0, 0.05) is 16.1 Å². The standard InChI is InChI=1S/C13H12ClN5O2/c14-8-3-1-7(2-4-8)12(20)16-11-9-5-19(13(15)21)6-10(9)17-18-11/h1-4H,5-6H2,(H2,15,21)(H2,16,17,18,20). The quantitative estimate of drug-likeness (QED) is 0.786. The van der Waals surface area contributed by atoms with Crippen LogP contribution >= 0.6 is 11.6 Å². The fourth-order valence-corrected chi connectivity index (χ4v) is 2.31. The maximum absolute atomic E-state index is 12.1. The Bertz CT molecular complexity index is 710. The zero-order valence-electron chi connectivity index (χ0n) is 10.9. The molecule has 8 heteroatoms.